The number of nitrogens with zero attached hydrogens (tertiary/aromatic N) is 3. The van der Waals surface area contributed by atoms with E-state index < -0.39 is 12.7 Å². The summed E-state index contributed by atoms with van der Waals surface area (Å²) in [6.45, 7) is 0.0704. The fourth-order valence-corrected chi connectivity index (χ4v) is 3.41. The van der Waals surface area contributed by atoms with Gasteiger partial charge in [0.15, 0.2) is 5.69 Å². The molecule has 2 N–H and O–H groups in total. The molecule has 6 nitrogen and oxygen atoms in total. The molecule has 0 bridgehead atoms. The van der Waals surface area contributed by atoms with E-state index in [0.717, 1.165) is 16.6 Å². The van der Waals surface area contributed by atoms with Crippen molar-refractivity contribution in [1.29, 1.82) is 0 Å². The molecule has 3 aromatic rings. The van der Waals surface area contributed by atoms with Gasteiger partial charge in [-0.1, -0.05) is 12.1 Å². The van der Waals surface area contributed by atoms with Gasteiger partial charge < -0.3 is 5.32 Å². The largest absolute Gasteiger partial charge is 0.401 e. The molecule has 28 heavy (non-hydrogen) atoms. The van der Waals surface area contributed by atoms with E-state index in [1.165, 1.54) is 4.90 Å². The lowest BCUT2D eigenvalue weighted by molar-refractivity contribution is -0.158. The smallest absolute Gasteiger partial charge is 0.350 e. The van der Waals surface area contributed by atoms with Crippen LogP contribution in [0.5, 0.6) is 0 Å². The van der Waals surface area contributed by atoms with Crippen LogP contribution in [0.3, 0.4) is 0 Å². The van der Waals surface area contributed by atoms with Crippen LogP contribution < -0.4 is 5.32 Å². The van der Waals surface area contributed by atoms with Crippen LogP contribution in [0, 0.1) is 5.92 Å². The van der Waals surface area contributed by atoms with Gasteiger partial charge in [0, 0.05) is 48.9 Å². The van der Waals surface area contributed by atoms with Gasteiger partial charge in [0.2, 0.25) is 0 Å². The molecule has 0 spiro atoms. The van der Waals surface area contributed by atoms with Crippen molar-refractivity contribution in [3.05, 3.63) is 48.4 Å². The third-order valence-corrected chi connectivity index (χ3v) is 4.76. The monoisotopic (exact) mass is 389 g/mol. The number of likely N-dealkylation sites (tertiary alicyclic amines) is 1. The third-order valence-electron chi connectivity index (χ3n) is 4.76. The molecule has 4 rings (SSSR count). The van der Waals surface area contributed by atoms with Crippen molar-refractivity contribution in [3.8, 4) is 11.1 Å². The number of aromatic amines is 1. The number of benzene rings is 1. The molecule has 9 heteroatoms. The summed E-state index contributed by atoms with van der Waals surface area (Å²) in [6, 6.07) is 9.41. The van der Waals surface area contributed by atoms with E-state index in [1.54, 1.807) is 12.4 Å². The highest BCUT2D eigenvalue weighted by molar-refractivity contribution is 6.05. The molecule has 3 heterocycles. The van der Waals surface area contributed by atoms with Gasteiger partial charge in [0.05, 0.1) is 12.1 Å². The lowest BCUT2D eigenvalue weighted by atomic mass is 10.00. The molecule has 146 valence electrons. The zero-order valence-electron chi connectivity index (χ0n) is 14.8. The summed E-state index contributed by atoms with van der Waals surface area (Å²) in [7, 11) is 0. The minimum atomic E-state index is -4.19. The molecule has 1 aliphatic heterocycles. The number of pyridine rings is 1. The number of nitrogens with one attached hydrogen (secondary N) is 2. The van der Waals surface area contributed by atoms with Crippen LogP contribution in [0.25, 0.3) is 22.0 Å². The summed E-state index contributed by atoms with van der Waals surface area (Å²) < 4.78 is 37.0. The zero-order chi connectivity index (χ0) is 19.7. The molecule has 1 aliphatic rings. The van der Waals surface area contributed by atoms with Crippen molar-refractivity contribution in [1.82, 2.24) is 25.4 Å². The van der Waals surface area contributed by atoms with Crippen LogP contribution >= 0.6 is 0 Å². The number of hydrogen-bond acceptors (Lipinski definition) is 4. The highest BCUT2D eigenvalue weighted by atomic mass is 19.4. The Balaban J connectivity index is 1.41. The lowest BCUT2D eigenvalue weighted by Gasteiger charge is -2.39. The molecule has 1 fully saturated rings. The molecular weight excluding hydrogens is 371 g/mol. The molecule has 0 aliphatic carbocycles. The predicted octanol–water partition coefficient (Wildman–Crippen LogP) is 2.85. The van der Waals surface area contributed by atoms with Crippen LogP contribution in [0.2, 0.25) is 0 Å². The van der Waals surface area contributed by atoms with Gasteiger partial charge in [0.25, 0.3) is 5.91 Å². The Morgan fingerprint density at radius 2 is 2.07 bits per heavy atom. The number of amides is 1. The third kappa shape index (κ3) is 3.99. The van der Waals surface area contributed by atoms with Crippen LogP contribution in [0.4, 0.5) is 13.2 Å². The first-order chi connectivity index (χ1) is 13.4. The van der Waals surface area contributed by atoms with Crippen molar-refractivity contribution in [2.24, 2.45) is 5.92 Å². The average Bonchev–Trinajstić information content (AvgIpc) is 3.06. The van der Waals surface area contributed by atoms with Gasteiger partial charge in [-0.05, 0) is 23.8 Å². The maximum atomic E-state index is 12.5. The summed E-state index contributed by atoms with van der Waals surface area (Å²) in [5.41, 5.74) is 2.85. The zero-order valence-corrected chi connectivity index (χ0v) is 14.8. The summed E-state index contributed by atoms with van der Waals surface area (Å²) in [6.07, 6.45) is -0.756. The van der Waals surface area contributed by atoms with Crippen molar-refractivity contribution < 1.29 is 18.0 Å². The summed E-state index contributed by atoms with van der Waals surface area (Å²) >= 11 is 0. The number of H-pyrrole nitrogens is 1. The summed E-state index contributed by atoms with van der Waals surface area (Å²) in [4.78, 5) is 17.9. The minimum Gasteiger partial charge on any atom is -0.350 e. The summed E-state index contributed by atoms with van der Waals surface area (Å²) in [5, 5.41) is 10.4. The second-order valence-corrected chi connectivity index (χ2v) is 6.96. The number of hydrogen-bond donors (Lipinski definition) is 2. The van der Waals surface area contributed by atoms with E-state index in [0.29, 0.717) is 25.0 Å². The van der Waals surface area contributed by atoms with Gasteiger partial charge in [0.1, 0.15) is 0 Å². The molecule has 1 amide bonds. The maximum Gasteiger partial charge on any atom is 0.401 e. The number of alkyl halides is 3. The van der Waals surface area contributed by atoms with Gasteiger partial charge >= 0.3 is 6.18 Å². The molecular formula is C19H18F3N5O. The van der Waals surface area contributed by atoms with E-state index in [4.69, 9.17) is 0 Å². The van der Waals surface area contributed by atoms with Crippen LogP contribution in [-0.4, -0.2) is 58.3 Å². The fourth-order valence-electron chi connectivity index (χ4n) is 3.41. The Morgan fingerprint density at radius 3 is 2.79 bits per heavy atom. The van der Waals surface area contributed by atoms with Crippen molar-refractivity contribution in [3.63, 3.8) is 0 Å². The van der Waals surface area contributed by atoms with Gasteiger partial charge in [-0.15, -0.1) is 0 Å². The van der Waals surface area contributed by atoms with Crippen molar-refractivity contribution in [2.75, 3.05) is 26.2 Å². The summed E-state index contributed by atoms with van der Waals surface area (Å²) in [5.74, 6) is -0.327. The van der Waals surface area contributed by atoms with Crippen molar-refractivity contribution >= 4 is 16.8 Å². The molecule has 0 unspecified atom stereocenters. The highest BCUT2D eigenvalue weighted by Gasteiger charge is 2.37. The van der Waals surface area contributed by atoms with E-state index in [1.807, 2.05) is 30.3 Å². The molecule has 0 radical (unpaired) electrons. The first-order valence-electron chi connectivity index (χ1n) is 8.85. The van der Waals surface area contributed by atoms with Gasteiger partial charge in [-0.3, -0.25) is 19.8 Å². The van der Waals surface area contributed by atoms with E-state index >= 15 is 0 Å². The Hall–Kier alpha value is -2.94. The van der Waals surface area contributed by atoms with E-state index in [-0.39, 0.29) is 17.5 Å². The number of carbonyl (C=O) groups is 1. The molecule has 0 saturated carbocycles. The Labute approximate surface area is 158 Å². The maximum absolute atomic E-state index is 12.5. The van der Waals surface area contributed by atoms with E-state index in [2.05, 4.69) is 20.5 Å². The van der Waals surface area contributed by atoms with Gasteiger partial charge in [-0.25, -0.2) is 0 Å². The highest BCUT2D eigenvalue weighted by Crippen LogP contribution is 2.25. The average molecular weight is 389 g/mol. The normalized spacial score (nSPS) is 15.5. The van der Waals surface area contributed by atoms with Crippen LogP contribution in [0.1, 0.15) is 10.5 Å². The second kappa shape index (κ2) is 7.23. The van der Waals surface area contributed by atoms with Crippen molar-refractivity contribution in [2.45, 2.75) is 6.18 Å². The quantitative estimate of drug-likeness (QED) is 0.704. The number of rotatable bonds is 5. The lowest BCUT2D eigenvalue weighted by Crippen LogP contribution is -2.54. The van der Waals surface area contributed by atoms with Crippen LogP contribution in [-0.2, 0) is 0 Å². The Bertz CT molecular complexity index is 980. The first-order valence-corrected chi connectivity index (χ1v) is 8.85. The number of aromatic nitrogens is 3. The fraction of sp³-hybridized carbons (Fsp3) is 0.316. The van der Waals surface area contributed by atoms with E-state index in [9.17, 15) is 18.0 Å². The molecule has 1 saturated heterocycles. The van der Waals surface area contributed by atoms with Gasteiger partial charge in [-0.2, -0.15) is 18.3 Å². The second-order valence-electron chi connectivity index (χ2n) is 6.96. The number of fused-ring (bicyclic) bond motifs is 1. The standard InChI is InChI=1S/C19H18F3N5O/c20-19(21,22)11-27-9-12(10-27)7-24-18(28)17-15-6-13(3-4-16(15)25-26-17)14-2-1-5-23-8-14/h1-6,8,12H,7,9-11H2,(H,24,28)(H,25,26). The first kappa shape index (κ1) is 18.4. The number of halogens is 3. The Kier molecular flexibility index (Phi) is 4.76. The molecule has 1 aromatic carbocycles. The van der Waals surface area contributed by atoms with Crippen LogP contribution in [0.15, 0.2) is 42.7 Å². The minimum absolute atomic E-state index is 0.0162. The number of carbonyl (C=O) groups excluding carboxylic acids is 1. The molecule has 0 atom stereocenters. The molecule has 2 aromatic heterocycles. The SMILES string of the molecule is O=C(NCC1CN(CC(F)(F)F)C1)c1n[nH]c2ccc(-c3cccnc3)cc12. The Morgan fingerprint density at radius 1 is 1.25 bits per heavy atom. The predicted molar refractivity (Wildman–Crippen MR) is 97.6 cm³/mol. The topological polar surface area (TPSA) is 73.9 Å².